The van der Waals surface area contributed by atoms with Gasteiger partial charge in [0.25, 0.3) is 5.91 Å². The first-order valence-electron chi connectivity index (χ1n) is 8.16. The highest BCUT2D eigenvalue weighted by Crippen LogP contribution is 2.18. The van der Waals surface area contributed by atoms with E-state index in [0.717, 1.165) is 11.3 Å². The van der Waals surface area contributed by atoms with Crippen LogP contribution in [0.25, 0.3) is 0 Å². The summed E-state index contributed by atoms with van der Waals surface area (Å²) < 4.78 is 28.2. The van der Waals surface area contributed by atoms with Gasteiger partial charge in [-0.2, -0.15) is 0 Å². The minimum absolute atomic E-state index is 0.0157. The number of carbonyl (C=O) groups is 1. The number of sulfone groups is 1. The molecule has 2 heterocycles. The van der Waals surface area contributed by atoms with Gasteiger partial charge in [0, 0.05) is 30.5 Å². The van der Waals surface area contributed by atoms with E-state index in [-0.39, 0.29) is 29.0 Å². The van der Waals surface area contributed by atoms with Crippen LogP contribution in [-0.2, 0) is 16.4 Å². The van der Waals surface area contributed by atoms with Crippen molar-refractivity contribution in [2.24, 2.45) is 0 Å². The van der Waals surface area contributed by atoms with Crippen LogP contribution in [0.15, 0.2) is 36.7 Å². The van der Waals surface area contributed by atoms with E-state index in [9.17, 15) is 13.2 Å². The number of amides is 1. The number of benzene rings is 1. The molecule has 1 aromatic carbocycles. The molecule has 9 heteroatoms. The summed E-state index contributed by atoms with van der Waals surface area (Å²) in [5, 5.41) is 5.78. The maximum Gasteiger partial charge on any atom is 0.254 e. The molecule has 1 fully saturated rings. The van der Waals surface area contributed by atoms with E-state index in [2.05, 4.69) is 20.6 Å². The Hall–Kier alpha value is -2.68. The molecule has 2 aromatic rings. The number of nitrogens with zero attached hydrogens (tertiary/aromatic N) is 2. The van der Waals surface area contributed by atoms with Gasteiger partial charge < -0.3 is 15.4 Å². The molecular formula is C17H20N4O4S. The van der Waals surface area contributed by atoms with E-state index in [4.69, 9.17) is 4.74 Å². The molecule has 8 nitrogen and oxygen atoms in total. The molecule has 0 aliphatic carbocycles. The lowest BCUT2D eigenvalue weighted by Crippen LogP contribution is -2.35. The van der Waals surface area contributed by atoms with Gasteiger partial charge in [0.1, 0.15) is 5.75 Å². The Morgan fingerprint density at radius 1 is 1.27 bits per heavy atom. The van der Waals surface area contributed by atoms with Crippen LogP contribution >= 0.6 is 0 Å². The van der Waals surface area contributed by atoms with Crippen LogP contribution in [0.3, 0.4) is 0 Å². The minimum Gasteiger partial charge on any atom is -0.496 e. The molecular weight excluding hydrogens is 356 g/mol. The zero-order valence-corrected chi connectivity index (χ0v) is 15.1. The third-order valence-corrected chi connectivity index (χ3v) is 5.88. The normalized spacial score (nSPS) is 18.3. The molecule has 0 bridgehead atoms. The van der Waals surface area contributed by atoms with Crippen molar-refractivity contribution in [3.8, 4) is 5.75 Å². The number of carbonyl (C=O) groups excluding carboxylic acids is 1. The molecule has 1 atom stereocenters. The van der Waals surface area contributed by atoms with Gasteiger partial charge in [0.2, 0.25) is 5.95 Å². The zero-order chi connectivity index (χ0) is 18.6. The fourth-order valence-corrected chi connectivity index (χ4v) is 4.41. The Kier molecular flexibility index (Phi) is 5.36. The van der Waals surface area contributed by atoms with Gasteiger partial charge in [-0.05, 0) is 12.5 Å². The number of anilines is 1. The summed E-state index contributed by atoms with van der Waals surface area (Å²) in [5.41, 5.74) is 1.25. The lowest BCUT2D eigenvalue weighted by atomic mass is 10.2. The molecule has 0 radical (unpaired) electrons. The molecule has 138 valence electrons. The number of rotatable bonds is 6. The Morgan fingerprint density at radius 2 is 2.00 bits per heavy atom. The predicted molar refractivity (Wildman–Crippen MR) is 96.9 cm³/mol. The van der Waals surface area contributed by atoms with E-state index < -0.39 is 9.84 Å². The van der Waals surface area contributed by atoms with E-state index in [0.29, 0.717) is 18.9 Å². The van der Waals surface area contributed by atoms with Gasteiger partial charge in [-0.1, -0.05) is 18.2 Å². The largest absolute Gasteiger partial charge is 0.496 e. The number of nitrogens with one attached hydrogen (secondary N) is 2. The first-order chi connectivity index (χ1) is 12.5. The number of methoxy groups -OCH3 is 1. The number of ether oxygens (including phenoxy) is 1. The second-order valence-corrected chi connectivity index (χ2v) is 8.26. The maximum atomic E-state index is 12.2. The van der Waals surface area contributed by atoms with Crippen molar-refractivity contribution in [2.75, 3.05) is 23.9 Å². The average Bonchev–Trinajstić information content (AvgIpc) is 2.99. The molecule has 1 unspecified atom stereocenters. The molecule has 2 N–H and O–H groups in total. The Labute approximate surface area is 151 Å². The fourth-order valence-electron chi connectivity index (χ4n) is 2.74. The van der Waals surface area contributed by atoms with Crippen LogP contribution in [0.4, 0.5) is 5.95 Å². The first kappa shape index (κ1) is 18.1. The molecule has 0 spiro atoms. The summed E-state index contributed by atoms with van der Waals surface area (Å²) in [6.07, 6.45) is 3.26. The fraction of sp³-hybridized carbons (Fsp3) is 0.353. The summed E-state index contributed by atoms with van der Waals surface area (Å²) in [5.74, 6) is 0.875. The van der Waals surface area contributed by atoms with Gasteiger partial charge in [-0.25, -0.2) is 18.4 Å². The smallest absolute Gasteiger partial charge is 0.254 e. The highest BCUT2D eigenvalue weighted by atomic mass is 32.2. The topological polar surface area (TPSA) is 110 Å². The third-order valence-electron chi connectivity index (χ3n) is 4.11. The third kappa shape index (κ3) is 4.48. The molecule has 26 heavy (non-hydrogen) atoms. The van der Waals surface area contributed by atoms with Gasteiger partial charge in [0.05, 0.1) is 24.2 Å². The van der Waals surface area contributed by atoms with Gasteiger partial charge in [-0.3, -0.25) is 4.79 Å². The highest BCUT2D eigenvalue weighted by molar-refractivity contribution is 7.91. The van der Waals surface area contributed by atoms with E-state index in [1.54, 1.807) is 7.11 Å². The number of hydrogen-bond donors (Lipinski definition) is 2. The van der Waals surface area contributed by atoms with Crippen LogP contribution in [0.1, 0.15) is 22.3 Å². The van der Waals surface area contributed by atoms with Crippen LogP contribution < -0.4 is 15.4 Å². The Bertz CT molecular complexity index is 884. The number of para-hydroxylation sites is 1. The van der Waals surface area contributed by atoms with E-state index >= 15 is 0 Å². The van der Waals surface area contributed by atoms with Crippen molar-refractivity contribution >= 4 is 21.7 Å². The quantitative estimate of drug-likeness (QED) is 0.774. The van der Waals surface area contributed by atoms with Gasteiger partial charge in [0.15, 0.2) is 9.84 Å². The van der Waals surface area contributed by atoms with Crippen LogP contribution in [0.2, 0.25) is 0 Å². The second-order valence-electron chi connectivity index (χ2n) is 6.03. The SMILES string of the molecule is COc1ccccc1CNc1ncc(C(=O)NC2CCS(=O)(=O)C2)cn1. The van der Waals surface area contributed by atoms with Crippen LogP contribution in [-0.4, -0.2) is 49.0 Å². The van der Waals surface area contributed by atoms with Crippen LogP contribution in [0.5, 0.6) is 5.75 Å². The number of hydrogen-bond acceptors (Lipinski definition) is 7. The second kappa shape index (κ2) is 7.69. The predicted octanol–water partition coefficient (Wildman–Crippen LogP) is 1.01. The maximum absolute atomic E-state index is 12.2. The monoisotopic (exact) mass is 376 g/mol. The van der Waals surface area contributed by atoms with Crippen molar-refractivity contribution < 1.29 is 17.9 Å². The summed E-state index contributed by atoms with van der Waals surface area (Å²) in [6.45, 7) is 0.482. The summed E-state index contributed by atoms with van der Waals surface area (Å²) in [6, 6.07) is 7.26. The first-order valence-corrected chi connectivity index (χ1v) is 9.98. The van der Waals surface area contributed by atoms with Crippen LogP contribution in [0, 0.1) is 0 Å². The van der Waals surface area contributed by atoms with E-state index in [1.165, 1.54) is 12.4 Å². The molecule has 3 rings (SSSR count). The summed E-state index contributed by atoms with van der Waals surface area (Å²) in [4.78, 5) is 20.4. The lowest BCUT2D eigenvalue weighted by molar-refractivity contribution is 0.0940. The van der Waals surface area contributed by atoms with Crippen molar-refractivity contribution in [2.45, 2.75) is 19.0 Å². The van der Waals surface area contributed by atoms with Crippen molar-refractivity contribution in [1.29, 1.82) is 0 Å². The Morgan fingerprint density at radius 3 is 2.65 bits per heavy atom. The Balaban J connectivity index is 1.57. The van der Waals surface area contributed by atoms with Crippen molar-refractivity contribution in [3.63, 3.8) is 0 Å². The standard InChI is InChI=1S/C17H20N4O4S/c1-25-15-5-3-2-4-12(15)8-18-17-19-9-13(10-20-17)16(22)21-14-6-7-26(23,24)11-14/h2-5,9-10,14H,6-8,11H2,1H3,(H,21,22)(H,18,19,20). The molecule has 1 amide bonds. The summed E-state index contributed by atoms with van der Waals surface area (Å²) in [7, 11) is -1.43. The summed E-state index contributed by atoms with van der Waals surface area (Å²) >= 11 is 0. The van der Waals surface area contributed by atoms with Gasteiger partial charge >= 0.3 is 0 Å². The average molecular weight is 376 g/mol. The molecule has 1 aliphatic heterocycles. The molecule has 1 aliphatic rings. The number of aromatic nitrogens is 2. The van der Waals surface area contributed by atoms with E-state index in [1.807, 2.05) is 24.3 Å². The molecule has 1 saturated heterocycles. The van der Waals surface area contributed by atoms with Crippen molar-refractivity contribution in [1.82, 2.24) is 15.3 Å². The van der Waals surface area contributed by atoms with Gasteiger partial charge in [-0.15, -0.1) is 0 Å². The molecule has 0 saturated carbocycles. The molecule has 1 aromatic heterocycles. The zero-order valence-electron chi connectivity index (χ0n) is 14.3. The van der Waals surface area contributed by atoms with Crippen molar-refractivity contribution in [3.05, 3.63) is 47.8 Å². The highest BCUT2D eigenvalue weighted by Gasteiger charge is 2.29. The lowest BCUT2D eigenvalue weighted by Gasteiger charge is -2.11. The minimum atomic E-state index is -3.04.